The largest absolute Gasteiger partial charge is 0.490 e. The van der Waals surface area contributed by atoms with Crippen molar-refractivity contribution in [2.75, 3.05) is 13.2 Å². The molecule has 1 aliphatic carbocycles. The molecule has 0 bridgehead atoms. The van der Waals surface area contributed by atoms with Gasteiger partial charge in [0.15, 0.2) is 11.5 Å². The fraction of sp³-hybridized carbons (Fsp3) is 0.600. The van der Waals surface area contributed by atoms with Crippen LogP contribution in [0.25, 0.3) is 0 Å². The van der Waals surface area contributed by atoms with E-state index < -0.39 is 0 Å². The van der Waals surface area contributed by atoms with E-state index in [2.05, 4.69) is 22.9 Å². The Kier molecular flexibility index (Phi) is 3.95. The first-order valence-corrected chi connectivity index (χ1v) is 8.14. The second-order valence-electron chi connectivity index (χ2n) is 5.48. The summed E-state index contributed by atoms with van der Waals surface area (Å²) in [5.41, 5.74) is 2.45. The smallest absolute Gasteiger partial charge is 0.166 e. The van der Waals surface area contributed by atoms with Crippen molar-refractivity contribution in [3.63, 3.8) is 0 Å². The summed E-state index contributed by atoms with van der Waals surface area (Å²) in [5, 5.41) is 0.0143. The predicted molar refractivity (Wildman–Crippen MR) is 80.4 cm³/mol. The van der Waals surface area contributed by atoms with E-state index >= 15 is 0 Å². The Morgan fingerprint density at radius 2 is 2.11 bits per heavy atom. The zero-order valence-corrected chi connectivity index (χ0v) is 13.4. The Labute approximate surface area is 127 Å². The molecular formula is C15H18BrClO2. The molecule has 2 atom stereocenters. The SMILES string of the molecule is CC1CCc2c(Br)cc3c(c2C(Cl)C1)OCCCO3. The van der Waals surface area contributed by atoms with Crippen LogP contribution in [-0.4, -0.2) is 13.2 Å². The Morgan fingerprint density at radius 1 is 1.32 bits per heavy atom. The third-order valence-electron chi connectivity index (χ3n) is 3.94. The van der Waals surface area contributed by atoms with Gasteiger partial charge in [-0.25, -0.2) is 0 Å². The number of fused-ring (bicyclic) bond motifs is 3. The van der Waals surface area contributed by atoms with E-state index in [9.17, 15) is 0 Å². The van der Waals surface area contributed by atoms with Crippen molar-refractivity contribution >= 4 is 27.5 Å². The quantitative estimate of drug-likeness (QED) is 0.494. The fourth-order valence-corrected chi connectivity index (χ4v) is 4.06. The van der Waals surface area contributed by atoms with Crippen molar-refractivity contribution < 1.29 is 9.47 Å². The van der Waals surface area contributed by atoms with E-state index in [0.29, 0.717) is 19.1 Å². The molecule has 0 fully saturated rings. The summed E-state index contributed by atoms with van der Waals surface area (Å²) in [6.07, 6.45) is 4.15. The molecule has 0 aromatic heterocycles. The molecule has 2 unspecified atom stereocenters. The van der Waals surface area contributed by atoms with E-state index in [0.717, 1.165) is 40.8 Å². The van der Waals surface area contributed by atoms with Gasteiger partial charge < -0.3 is 9.47 Å². The first-order chi connectivity index (χ1) is 9.16. The van der Waals surface area contributed by atoms with Crippen molar-refractivity contribution in [1.82, 2.24) is 0 Å². The highest BCUT2D eigenvalue weighted by molar-refractivity contribution is 9.10. The third-order valence-corrected chi connectivity index (χ3v) is 5.05. The molecule has 3 rings (SSSR count). The molecule has 0 saturated heterocycles. The van der Waals surface area contributed by atoms with Crippen LogP contribution in [0.1, 0.15) is 42.7 Å². The minimum Gasteiger partial charge on any atom is -0.490 e. The Balaban J connectivity index is 2.14. The van der Waals surface area contributed by atoms with Crippen LogP contribution in [0.2, 0.25) is 0 Å². The summed E-state index contributed by atoms with van der Waals surface area (Å²) in [4.78, 5) is 0. The van der Waals surface area contributed by atoms with Gasteiger partial charge in [-0.1, -0.05) is 22.9 Å². The maximum Gasteiger partial charge on any atom is 0.166 e. The van der Waals surface area contributed by atoms with Crippen molar-refractivity contribution in [3.8, 4) is 11.5 Å². The van der Waals surface area contributed by atoms with Crippen LogP contribution >= 0.6 is 27.5 Å². The Bertz CT molecular complexity index is 490. The van der Waals surface area contributed by atoms with Crippen LogP contribution < -0.4 is 9.47 Å². The minimum atomic E-state index is 0.0143. The van der Waals surface area contributed by atoms with Crippen molar-refractivity contribution in [1.29, 1.82) is 0 Å². The first-order valence-electron chi connectivity index (χ1n) is 6.91. The van der Waals surface area contributed by atoms with E-state index in [1.807, 2.05) is 6.07 Å². The second-order valence-corrected chi connectivity index (χ2v) is 6.86. The first kappa shape index (κ1) is 13.6. The Morgan fingerprint density at radius 3 is 2.95 bits per heavy atom. The lowest BCUT2D eigenvalue weighted by atomic mass is 10.0. The molecule has 19 heavy (non-hydrogen) atoms. The monoisotopic (exact) mass is 344 g/mol. The number of benzene rings is 1. The standard InChI is InChI=1S/C15H18BrClO2/c1-9-3-4-10-11(16)8-13-15(14(10)12(17)7-9)19-6-2-5-18-13/h8-9,12H,2-7H2,1H3. The predicted octanol–water partition coefficient (Wildman–Crippen LogP) is 4.86. The molecule has 104 valence electrons. The number of hydrogen-bond acceptors (Lipinski definition) is 2. The highest BCUT2D eigenvalue weighted by Crippen LogP contribution is 2.48. The van der Waals surface area contributed by atoms with Crippen LogP contribution in [0.5, 0.6) is 11.5 Å². The second kappa shape index (κ2) is 5.53. The average Bonchev–Trinajstić information content (AvgIpc) is 2.67. The van der Waals surface area contributed by atoms with Gasteiger partial charge >= 0.3 is 0 Å². The lowest BCUT2D eigenvalue weighted by molar-refractivity contribution is 0.296. The van der Waals surface area contributed by atoms with Gasteiger partial charge in [-0.2, -0.15) is 0 Å². The Hall–Kier alpha value is -0.410. The molecule has 0 saturated carbocycles. The zero-order chi connectivity index (χ0) is 13.4. The van der Waals surface area contributed by atoms with Crippen LogP contribution in [0, 0.1) is 5.92 Å². The van der Waals surface area contributed by atoms with E-state index in [4.69, 9.17) is 21.1 Å². The molecule has 1 aromatic carbocycles. The molecule has 1 heterocycles. The maximum absolute atomic E-state index is 6.65. The van der Waals surface area contributed by atoms with E-state index in [1.54, 1.807) is 0 Å². The minimum absolute atomic E-state index is 0.0143. The zero-order valence-electron chi connectivity index (χ0n) is 11.0. The summed E-state index contributed by atoms with van der Waals surface area (Å²) in [5.74, 6) is 2.36. The molecule has 0 radical (unpaired) electrons. The number of hydrogen-bond donors (Lipinski definition) is 0. The molecule has 1 aliphatic heterocycles. The topological polar surface area (TPSA) is 18.5 Å². The number of ether oxygens (including phenoxy) is 2. The molecular weight excluding hydrogens is 328 g/mol. The highest BCUT2D eigenvalue weighted by atomic mass is 79.9. The van der Waals surface area contributed by atoms with Gasteiger partial charge in [0, 0.05) is 16.5 Å². The molecule has 2 aliphatic rings. The lowest BCUT2D eigenvalue weighted by Crippen LogP contribution is -2.03. The molecule has 0 spiro atoms. The van der Waals surface area contributed by atoms with Gasteiger partial charge in [0.2, 0.25) is 0 Å². The summed E-state index contributed by atoms with van der Waals surface area (Å²) in [6.45, 7) is 3.69. The van der Waals surface area contributed by atoms with Gasteiger partial charge in [0.25, 0.3) is 0 Å². The van der Waals surface area contributed by atoms with Crippen molar-refractivity contribution in [3.05, 3.63) is 21.7 Å². The number of halogens is 2. The molecule has 0 N–H and O–H groups in total. The number of alkyl halides is 1. The molecule has 0 amide bonds. The third kappa shape index (κ3) is 2.59. The van der Waals surface area contributed by atoms with E-state index in [1.165, 1.54) is 12.0 Å². The van der Waals surface area contributed by atoms with Gasteiger partial charge in [0.05, 0.1) is 18.6 Å². The normalized spacial score (nSPS) is 26.3. The van der Waals surface area contributed by atoms with Gasteiger partial charge in [0.1, 0.15) is 0 Å². The van der Waals surface area contributed by atoms with Gasteiger partial charge in [-0.05, 0) is 36.8 Å². The van der Waals surface area contributed by atoms with Crippen LogP contribution in [-0.2, 0) is 6.42 Å². The average molecular weight is 346 g/mol. The fourth-order valence-electron chi connectivity index (χ4n) is 2.90. The highest BCUT2D eigenvalue weighted by Gasteiger charge is 2.29. The summed E-state index contributed by atoms with van der Waals surface area (Å²) in [7, 11) is 0. The molecule has 1 aromatic rings. The van der Waals surface area contributed by atoms with Crippen LogP contribution in [0.4, 0.5) is 0 Å². The van der Waals surface area contributed by atoms with Crippen LogP contribution in [0.3, 0.4) is 0 Å². The van der Waals surface area contributed by atoms with Gasteiger partial charge in [-0.15, -0.1) is 11.6 Å². The van der Waals surface area contributed by atoms with Crippen molar-refractivity contribution in [2.45, 2.75) is 38.0 Å². The maximum atomic E-state index is 6.65. The molecule has 2 nitrogen and oxygen atoms in total. The summed E-state index contributed by atoms with van der Waals surface area (Å²) < 4.78 is 12.8. The van der Waals surface area contributed by atoms with Crippen LogP contribution in [0.15, 0.2) is 10.5 Å². The van der Waals surface area contributed by atoms with Gasteiger partial charge in [-0.3, -0.25) is 0 Å². The van der Waals surface area contributed by atoms with E-state index in [-0.39, 0.29) is 5.38 Å². The summed E-state index contributed by atoms with van der Waals surface area (Å²) >= 11 is 10.3. The summed E-state index contributed by atoms with van der Waals surface area (Å²) in [6, 6.07) is 2.04. The lowest BCUT2D eigenvalue weighted by Gasteiger charge is -2.19. The van der Waals surface area contributed by atoms with Crippen molar-refractivity contribution in [2.24, 2.45) is 5.92 Å². The number of rotatable bonds is 0. The molecule has 4 heteroatoms.